The summed E-state index contributed by atoms with van der Waals surface area (Å²) in [6.45, 7) is 3.45. The standard InChI is InChI=1S/C17H20FN3O3/c1-10-14(17(24)21-11(2)20-10)7-8-16(23)19-9-15(22)12-3-5-13(18)6-4-12/h3-6,15,22H,7-9H2,1-2H3,(H,19,23)(H,20,21,24). The number of aliphatic hydroxyl groups excluding tert-OH is 1. The molecular formula is C17H20FN3O3. The number of aryl methyl sites for hydroxylation is 2. The van der Waals surface area contributed by atoms with Crippen LogP contribution in [0.2, 0.25) is 0 Å². The maximum Gasteiger partial charge on any atom is 0.254 e. The monoisotopic (exact) mass is 333 g/mol. The second kappa shape index (κ2) is 7.83. The molecule has 0 aliphatic rings. The van der Waals surface area contributed by atoms with Crippen LogP contribution in [0.25, 0.3) is 0 Å². The number of halogens is 1. The molecule has 128 valence electrons. The SMILES string of the molecule is Cc1nc(C)c(CCC(=O)NCC(O)c2ccc(F)cc2)c(=O)[nH]1. The summed E-state index contributed by atoms with van der Waals surface area (Å²) in [6.07, 6.45) is -0.529. The van der Waals surface area contributed by atoms with Gasteiger partial charge in [0, 0.05) is 24.2 Å². The Kier molecular flexibility index (Phi) is 5.81. The van der Waals surface area contributed by atoms with Crippen molar-refractivity contribution < 1.29 is 14.3 Å². The zero-order chi connectivity index (χ0) is 17.7. The minimum absolute atomic E-state index is 0.0198. The summed E-state index contributed by atoms with van der Waals surface area (Å²) >= 11 is 0. The van der Waals surface area contributed by atoms with Crippen molar-refractivity contribution in [2.24, 2.45) is 0 Å². The molecule has 6 nitrogen and oxygen atoms in total. The van der Waals surface area contributed by atoms with E-state index in [2.05, 4.69) is 15.3 Å². The van der Waals surface area contributed by atoms with Gasteiger partial charge in [-0.15, -0.1) is 0 Å². The molecule has 7 heteroatoms. The molecule has 1 aromatic heterocycles. The number of benzene rings is 1. The summed E-state index contributed by atoms with van der Waals surface area (Å²) in [5.74, 6) is -0.133. The van der Waals surface area contributed by atoms with E-state index in [0.717, 1.165) is 0 Å². The Morgan fingerprint density at radius 3 is 2.62 bits per heavy atom. The van der Waals surface area contributed by atoms with Crippen LogP contribution in [-0.4, -0.2) is 27.5 Å². The highest BCUT2D eigenvalue weighted by Gasteiger charge is 2.12. The highest BCUT2D eigenvalue weighted by atomic mass is 19.1. The molecule has 24 heavy (non-hydrogen) atoms. The fourth-order valence-corrected chi connectivity index (χ4v) is 2.39. The number of amides is 1. The van der Waals surface area contributed by atoms with Crippen molar-refractivity contribution in [3.63, 3.8) is 0 Å². The zero-order valence-electron chi connectivity index (χ0n) is 13.6. The summed E-state index contributed by atoms with van der Waals surface area (Å²) < 4.78 is 12.8. The van der Waals surface area contributed by atoms with Gasteiger partial charge in [-0.2, -0.15) is 0 Å². The van der Waals surface area contributed by atoms with Crippen molar-refractivity contribution in [2.45, 2.75) is 32.8 Å². The number of hydrogen-bond acceptors (Lipinski definition) is 4. The van der Waals surface area contributed by atoms with Gasteiger partial charge in [0.2, 0.25) is 5.91 Å². The Morgan fingerprint density at radius 1 is 1.33 bits per heavy atom. The van der Waals surface area contributed by atoms with Gasteiger partial charge in [-0.1, -0.05) is 12.1 Å². The summed E-state index contributed by atoms with van der Waals surface area (Å²) in [4.78, 5) is 30.5. The highest BCUT2D eigenvalue weighted by molar-refractivity contribution is 5.76. The average molecular weight is 333 g/mol. The average Bonchev–Trinajstić information content (AvgIpc) is 2.52. The molecule has 0 saturated carbocycles. The van der Waals surface area contributed by atoms with Gasteiger partial charge in [0.1, 0.15) is 11.6 Å². The summed E-state index contributed by atoms with van der Waals surface area (Å²) in [5, 5.41) is 12.6. The number of aromatic nitrogens is 2. The third-order valence-electron chi connectivity index (χ3n) is 3.69. The van der Waals surface area contributed by atoms with E-state index in [-0.39, 0.29) is 36.7 Å². The minimum Gasteiger partial charge on any atom is -0.387 e. The lowest BCUT2D eigenvalue weighted by Crippen LogP contribution is -2.29. The fraction of sp³-hybridized carbons (Fsp3) is 0.353. The molecule has 0 spiro atoms. The maximum atomic E-state index is 12.8. The van der Waals surface area contributed by atoms with Crippen molar-refractivity contribution >= 4 is 5.91 Å². The molecule has 1 heterocycles. The Morgan fingerprint density at radius 2 is 2.00 bits per heavy atom. The van der Waals surface area contributed by atoms with Crippen molar-refractivity contribution in [1.82, 2.24) is 15.3 Å². The Bertz CT molecular complexity index is 772. The molecule has 1 unspecified atom stereocenters. The summed E-state index contributed by atoms with van der Waals surface area (Å²) in [7, 11) is 0. The molecule has 0 radical (unpaired) electrons. The largest absolute Gasteiger partial charge is 0.387 e. The highest BCUT2D eigenvalue weighted by Crippen LogP contribution is 2.12. The molecular weight excluding hydrogens is 313 g/mol. The van der Waals surface area contributed by atoms with Crippen LogP contribution in [0.15, 0.2) is 29.1 Å². The predicted molar refractivity (Wildman–Crippen MR) is 87.0 cm³/mol. The van der Waals surface area contributed by atoms with Crippen molar-refractivity contribution in [3.8, 4) is 0 Å². The summed E-state index contributed by atoms with van der Waals surface area (Å²) in [5.41, 5.74) is 1.37. The topological polar surface area (TPSA) is 95.1 Å². The van der Waals surface area contributed by atoms with Gasteiger partial charge >= 0.3 is 0 Å². The number of rotatable bonds is 6. The van der Waals surface area contributed by atoms with Crippen LogP contribution < -0.4 is 10.9 Å². The molecule has 1 amide bonds. The first-order valence-electron chi connectivity index (χ1n) is 7.63. The lowest BCUT2D eigenvalue weighted by Gasteiger charge is -2.12. The second-order valence-electron chi connectivity index (χ2n) is 5.59. The molecule has 3 N–H and O–H groups in total. The molecule has 1 aromatic carbocycles. The van der Waals surface area contributed by atoms with Crippen molar-refractivity contribution in [3.05, 3.63) is 63.1 Å². The third-order valence-corrected chi connectivity index (χ3v) is 3.69. The van der Waals surface area contributed by atoms with Gasteiger partial charge < -0.3 is 15.4 Å². The van der Waals surface area contributed by atoms with E-state index in [9.17, 15) is 19.1 Å². The number of nitrogens with zero attached hydrogens (tertiary/aromatic N) is 1. The van der Waals surface area contributed by atoms with E-state index in [1.165, 1.54) is 24.3 Å². The molecule has 0 saturated heterocycles. The van der Waals surface area contributed by atoms with E-state index in [4.69, 9.17) is 0 Å². The molecule has 0 aliphatic carbocycles. The Hall–Kier alpha value is -2.54. The number of hydrogen-bond donors (Lipinski definition) is 3. The summed E-state index contributed by atoms with van der Waals surface area (Å²) in [6, 6.07) is 5.43. The first-order chi connectivity index (χ1) is 11.4. The van der Waals surface area contributed by atoms with Crippen LogP contribution in [0, 0.1) is 19.7 Å². The van der Waals surface area contributed by atoms with Crippen LogP contribution >= 0.6 is 0 Å². The molecule has 2 aromatic rings. The third kappa shape index (κ3) is 4.73. The fourth-order valence-electron chi connectivity index (χ4n) is 2.39. The molecule has 1 atom stereocenters. The number of aliphatic hydroxyl groups is 1. The Balaban J connectivity index is 1.86. The van der Waals surface area contributed by atoms with E-state index < -0.39 is 6.10 Å². The molecule has 0 fully saturated rings. The van der Waals surface area contributed by atoms with Gasteiger partial charge in [-0.25, -0.2) is 9.37 Å². The zero-order valence-corrected chi connectivity index (χ0v) is 13.6. The van der Waals surface area contributed by atoms with Gasteiger partial charge in [-0.05, 0) is 38.0 Å². The lowest BCUT2D eigenvalue weighted by molar-refractivity contribution is -0.121. The van der Waals surface area contributed by atoms with Crippen LogP contribution in [-0.2, 0) is 11.2 Å². The molecule has 0 bridgehead atoms. The first kappa shape index (κ1) is 17.8. The second-order valence-corrected chi connectivity index (χ2v) is 5.59. The molecule has 0 aliphatic heterocycles. The van der Waals surface area contributed by atoms with Gasteiger partial charge in [0.25, 0.3) is 5.56 Å². The van der Waals surface area contributed by atoms with Crippen molar-refractivity contribution in [2.75, 3.05) is 6.54 Å². The number of nitrogens with one attached hydrogen (secondary N) is 2. The Labute approximate surface area is 138 Å². The quantitative estimate of drug-likeness (QED) is 0.743. The van der Waals surface area contributed by atoms with Gasteiger partial charge in [0.05, 0.1) is 6.10 Å². The first-order valence-corrected chi connectivity index (χ1v) is 7.63. The molecule has 2 rings (SSSR count). The van der Waals surface area contributed by atoms with Gasteiger partial charge in [-0.3, -0.25) is 9.59 Å². The van der Waals surface area contributed by atoms with Crippen LogP contribution in [0.1, 0.15) is 35.2 Å². The number of aromatic amines is 1. The maximum absolute atomic E-state index is 12.8. The van der Waals surface area contributed by atoms with E-state index in [1.54, 1.807) is 13.8 Å². The smallest absolute Gasteiger partial charge is 0.254 e. The number of H-pyrrole nitrogens is 1. The van der Waals surface area contributed by atoms with Gasteiger partial charge in [0.15, 0.2) is 0 Å². The van der Waals surface area contributed by atoms with E-state index >= 15 is 0 Å². The van der Waals surface area contributed by atoms with E-state index in [0.29, 0.717) is 22.6 Å². The lowest BCUT2D eigenvalue weighted by atomic mass is 10.1. The van der Waals surface area contributed by atoms with Crippen LogP contribution in [0.4, 0.5) is 4.39 Å². The van der Waals surface area contributed by atoms with Crippen LogP contribution in [0.3, 0.4) is 0 Å². The number of carbonyl (C=O) groups is 1. The van der Waals surface area contributed by atoms with Crippen molar-refractivity contribution in [1.29, 1.82) is 0 Å². The van der Waals surface area contributed by atoms with E-state index in [1.807, 2.05) is 0 Å². The normalized spacial score (nSPS) is 12.0. The number of carbonyl (C=O) groups excluding carboxylic acids is 1. The van der Waals surface area contributed by atoms with Crippen LogP contribution in [0.5, 0.6) is 0 Å². The predicted octanol–water partition coefficient (Wildman–Crippen LogP) is 1.31. The minimum atomic E-state index is -0.916.